The molecule has 0 amide bonds. The Bertz CT molecular complexity index is 209. The Kier molecular flexibility index (Phi) is 1.62. The Hall–Kier alpha value is -1.05. The van der Waals surface area contributed by atoms with Gasteiger partial charge in [0.15, 0.2) is 0 Å². The van der Waals surface area contributed by atoms with Gasteiger partial charge in [-0.1, -0.05) is 0 Å². The maximum Gasteiger partial charge on any atom is 0.0395 e. The molecule has 0 fully saturated rings. The molecule has 0 atom stereocenters. The second-order valence-electron chi connectivity index (χ2n) is 2.96. The monoisotopic (exact) mass is 136 g/mol. The second kappa shape index (κ2) is 2.29. The first-order valence-corrected chi connectivity index (χ1v) is 3.30. The molecule has 1 aliphatic heterocycles. The first-order valence-electron chi connectivity index (χ1n) is 3.30. The molecule has 0 aliphatic carbocycles. The van der Waals surface area contributed by atoms with Crippen molar-refractivity contribution in [1.29, 1.82) is 0 Å². The Morgan fingerprint density at radius 1 is 1.50 bits per heavy atom. The van der Waals surface area contributed by atoms with Crippen molar-refractivity contribution >= 4 is 6.21 Å². The molecule has 10 heavy (non-hydrogen) atoms. The van der Waals surface area contributed by atoms with Crippen molar-refractivity contribution in [3.05, 3.63) is 24.0 Å². The van der Waals surface area contributed by atoms with E-state index >= 15 is 0 Å². The lowest BCUT2D eigenvalue weighted by atomic mass is 9.91. The van der Waals surface area contributed by atoms with Crippen LogP contribution >= 0.6 is 0 Å². The van der Waals surface area contributed by atoms with E-state index in [9.17, 15) is 0 Å². The van der Waals surface area contributed by atoms with Gasteiger partial charge >= 0.3 is 0 Å². The zero-order valence-corrected chi connectivity index (χ0v) is 6.33. The Morgan fingerprint density at radius 3 is 2.90 bits per heavy atom. The van der Waals surface area contributed by atoms with Crippen molar-refractivity contribution in [2.24, 2.45) is 16.1 Å². The molecule has 0 bridgehead atoms. The zero-order valence-electron chi connectivity index (χ0n) is 6.33. The molecule has 0 spiro atoms. The lowest BCUT2D eigenvalue weighted by Gasteiger charge is -2.17. The van der Waals surface area contributed by atoms with Crippen molar-refractivity contribution in [2.45, 2.75) is 13.8 Å². The predicted molar refractivity (Wildman–Crippen MR) is 43.7 cm³/mol. The van der Waals surface area contributed by atoms with Crippen molar-refractivity contribution in [3.63, 3.8) is 0 Å². The summed E-state index contributed by atoms with van der Waals surface area (Å²) in [7, 11) is 0. The van der Waals surface area contributed by atoms with E-state index in [0.29, 0.717) is 0 Å². The number of hydrogen-bond acceptors (Lipinski definition) is 2. The molecule has 1 rings (SSSR count). The largest absolute Gasteiger partial charge is 0.401 e. The maximum absolute atomic E-state index is 5.73. The molecule has 0 saturated heterocycles. The smallest absolute Gasteiger partial charge is 0.0395 e. The van der Waals surface area contributed by atoms with Crippen molar-refractivity contribution in [3.8, 4) is 0 Å². The van der Waals surface area contributed by atoms with Gasteiger partial charge in [-0.3, -0.25) is 4.99 Å². The first-order chi connectivity index (χ1) is 4.63. The topological polar surface area (TPSA) is 38.4 Å². The number of nitrogens with two attached hydrogens (primary N) is 1. The van der Waals surface area contributed by atoms with E-state index in [2.05, 4.69) is 4.99 Å². The minimum absolute atomic E-state index is 0.0938. The first kappa shape index (κ1) is 7.06. The van der Waals surface area contributed by atoms with E-state index in [-0.39, 0.29) is 5.41 Å². The summed E-state index contributed by atoms with van der Waals surface area (Å²) in [6.45, 7) is 4.07. The van der Waals surface area contributed by atoms with Crippen LogP contribution in [0.25, 0.3) is 0 Å². The summed E-state index contributed by atoms with van der Waals surface area (Å²) in [5, 5.41) is 0. The molecule has 0 aromatic rings. The van der Waals surface area contributed by atoms with Gasteiger partial charge in [-0.05, 0) is 26.0 Å². The Balaban J connectivity index is 2.97. The molecule has 2 nitrogen and oxygen atoms in total. The van der Waals surface area contributed by atoms with Crippen molar-refractivity contribution < 1.29 is 0 Å². The fourth-order valence-corrected chi connectivity index (χ4v) is 0.715. The minimum atomic E-state index is -0.0938. The highest BCUT2D eigenvalue weighted by Crippen LogP contribution is 2.20. The number of aliphatic imine (C=N–C) groups is 1. The molecule has 0 aromatic carbocycles. The Morgan fingerprint density at radius 2 is 2.20 bits per heavy atom. The normalized spacial score (nSPS) is 22.0. The van der Waals surface area contributed by atoms with Crippen LogP contribution in [-0.2, 0) is 0 Å². The zero-order chi connectivity index (χ0) is 7.61. The number of rotatable bonds is 0. The lowest BCUT2D eigenvalue weighted by Crippen LogP contribution is -2.21. The molecular weight excluding hydrogens is 124 g/mol. The van der Waals surface area contributed by atoms with Gasteiger partial charge in [0, 0.05) is 23.5 Å². The van der Waals surface area contributed by atoms with E-state index in [1.165, 1.54) is 0 Å². The van der Waals surface area contributed by atoms with Crippen molar-refractivity contribution in [2.75, 3.05) is 0 Å². The molecule has 0 saturated carbocycles. The van der Waals surface area contributed by atoms with Gasteiger partial charge in [-0.2, -0.15) is 0 Å². The predicted octanol–water partition coefficient (Wildman–Crippen LogP) is 1.45. The SMILES string of the molecule is CC1(C)C=NC=CC=C1N. The summed E-state index contributed by atoms with van der Waals surface area (Å²) in [5.41, 5.74) is 6.49. The van der Waals surface area contributed by atoms with Crippen LogP contribution in [0, 0.1) is 5.41 Å². The van der Waals surface area contributed by atoms with Crippen LogP contribution in [0.15, 0.2) is 29.0 Å². The number of hydrogen-bond donors (Lipinski definition) is 1. The average Bonchev–Trinajstić information content (AvgIpc) is 1.96. The highest BCUT2D eigenvalue weighted by atomic mass is 14.7. The van der Waals surface area contributed by atoms with Crippen molar-refractivity contribution in [1.82, 2.24) is 0 Å². The van der Waals surface area contributed by atoms with E-state index in [4.69, 9.17) is 5.73 Å². The van der Waals surface area contributed by atoms with E-state index in [1.54, 1.807) is 6.20 Å². The fourth-order valence-electron chi connectivity index (χ4n) is 0.715. The highest BCUT2D eigenvalue weighted by molar-refractivity contribution is 5.70. The van der Waals surface area contributed by atoms with Crippen LogP contribution in [0.5, 0.6) is 0 Å². The second-order valence-corrected chi connectivity index (χ2v) is 2.96. The molecule has 1 aliphatic rings. The van der Waals surface area contributed by atoms with Gasteiger partial charge < -0.3 is 5.73 Å². The molecule has 0 unspecified atom stereocenters. The van der Waals surface area contributed by atoms with E-state index < -0.39 is 0 Å². The quantitative estimate of drug-likeness (QED) is 0.538. The molecule has 54 valence electrons. The van der Waals surface area contributed by atoms with E-state index in [0.717, 1.165) is 5.70 Å². The summed E-state index contributed by atoms with van der Waals surface area (Å²) < 4.78 is 0. The standard InChI is InChI=1S/C8H12N2/c1-8(2)6-10-5-3-4-7(8)9/h3-6H,9H2,1-2H3. The van der Waals surface area contributed by atoms with Gasteiger partial charge in [0.25, 0.3) is 0 Å². The summed E-state index contributed by atoms with van der Waals surface area (Å²) in [5.74, 6) is 0. The van der Waals surface area contributed by atoms with E-state index in [1.807, 2.05) is 32.2 Å². The maximum atomic E-state index is 5.73. The average molecular weight is 136 g/mol. The van der Waals surface area contributed by atoms with Crippen LogP contribution in [0.3, 0.4) is 0 Å². The summed E-state index contributed by atoms with van der Waals surface area (Å²) in [4.78, 5) is 4.04. The fraction of sp³-hybridized carbons (Fsp3) is 0.375. The Labute approximate surface area is 61.1 Å². The molecule has 0 aromatic heterocycles. The number of nitrogens with zero attached hydrogens (tertiary/aromatic N) is 1. The molecule has 1 heterocycles. The summed E-state index contributed by atoms with van der Waals surface area (Å²) >= 11 is 0. The van der Waals surface area contributed by atoms with Gasteiger partial charge in [0.2, 0.25) is 0 Å². The van der Waals surface area contributed by atoms with Crippen LogP contribution < -0.4 is 5.73 Å². The van der Waals surface area contributed by atoms with Gasteiger partial charge in [-0.25, -0.2) is 0 Å². The summed E-state index contributed by atoms with van der Waals surface area (Å²) in [6.07, 6.45) is 7.32. The third-order valence-corrected chi connectivity index (χ3v) is 1.59. The summed E-state index contributed by atoms with van der Waals surface area (Å²) in [6, 6.07) is 0. The highest BCUT2D eigenvalue weighted by Gasteiger charge is 2.17. The van der Waals surface area contributed by atoms with Gasteiger partial charge in [0.1, 0.15) is 0 Å². The van der Waals surface area contributed by atoms with Crippen LogP contribution in [0.1, 0.15) is 13.8 Å². The number of allylic oxidation sites excluding steroid dienone is 3. The third kappa shape index (κ3) is 1.26. The van der Waals surface area contributed by atoms with Crippen LogP contribution in [0.4, 0.5) is 0 Å². The van der Waals surface area contributed by atoms with Crippen LogP contribution in [-0.4, -0.2) is 6.21 Å². The molecular formula is C8H12N2. The lowest BCUT2D eigenvalue weighted by molar-refractivity contribution is 0.635. The molecule has 0 radical (unpaired) electrons. The molecule has 2 N–H and O–H groups in total. The van der Waals surface area contributed by atoms with Gasteiger partial charge in [0.05, 0.1) is 0 Å². The third-order valence-electron chi connectivity index (χ3n) is 1.59. The minimum Gasteiger partial charge on any atom is -0.401 e. The molecule has 2 heteroatoms. The van der Waals surface area contributed by atoms with Gasteiger partial charge in [-0.15, -0.1) is 0 Å². The van der Waals surface area contributed by atoms with Crippen LogP contribution in [0.2, 0.25) is 0 Å².